The number of fused-ring (bicyclic) bond motifs is 1. The van der Waals surface area contributed by atoms with Crippen molar-refractivity contribution < 1.29 is 67.2 Å². The molecule has 0 bridgehead atoms. The first-order valence-corrected chi connectivity index (χ1v) is 28.0. The van der Waals surface area contributed by atoms with Crippen molar-refractivity contribution >= 4 is 53.5 Å². The smallest absolute Gasteiger partial charge is 0.411 e. The van der Waals surface area contributed by atoms with E-state index in [2.05, 4.69) is 16.0 Å². The van der Waals surface area contributed by atoms with Crippen molar-refractivity contribution in [3.8, 4) is 5.75 Å². The summed E-state index contributed by atoms with van der Waals surface area (Å²) in [5.41, 5.74) is -1.48. The van der Waals surface area contributed by atoms with Gasteiger partial charge in [0.1, 0.15) is 53.2 Å². The lowest BCUT2D eigenvalue weighted by atomic mass is 9.92. The predicted molar refractivity (Wildman–Crippen MR) is 288 cm³/mol. The molecule has 21 heteroatoms. The number of rotatable bonds is 13. The second kappa shape index (κ2) is 26.8. The number of nitrogens with zero attached hydrogens (tertiary/aromatic N) is 4. The number of hydrogen-bond donors (Lipinski definition) is 4. The molecule has 78 heavy (non-hydrogen) atoms. The van der Waals surface area contributed by atoms with E-state index in [0.29, 0.717) is 37.0 Å². The number of cyclic esters (lactones) is 2. The van der Waals surface area contributed by atoms with Gasteiger partial charge < -0.3 is 54.7 Å². The average molecular weight is 1100 g/mol. The summed E-state index contributed by atoms with van der Waals surface area (Å²) in [5, 5.41) is 20.3. The first-order valence-electron chi connectivity index (χ1n) is 28.0. The first kappa shape index (κ1) is 62.8. The quantitative estimate of drug-likeness (QED) is 0.159. The lowest BCUT2D eigenvalue weighted by Crippen LogP contribution is -2.62. The number of esters is 2. The van der Waals surface area contributed by atoms with Crippen LogP contribution in [0, 0.1) is 23.7 Å². The highest BCUT2D eigenvalue weighted by Gasteiger charge is 2.58. The van der Waals surface area contributed by atoms with Crippen molar-refractivity contribution in [1.82, 2.24) is 35.6 Å². The van der Waals surface area contributed by atoms with Crippen molar-refractivity contribution in [2.75, 3.05) is 33.8 Å². The zero-order chi connectivity index (χ0) is 58.1. The maximum Gasteiger partial charge on any atom is 0.411 e. The van der Waals surface area contributed by atoms with Gasteiger partial charge in [0.25, 0.3) is 5.91 Å². The molecule has 1 aromatic rings. The molecule has 7 amide bonds. The highest BCUT2D eigenvalue weighted by molar-refractivity contribution is 5.98. The first-order chi connectivity index (χ1) is 36.5. The van der Waals surface area contributed by atoms with Crippen LogP contribution in [0.15, 0.2) is 24.3 Å². The fraction of sp³-hybridized carbons (Fsp3) is 0.737. The van der Waals surface area contributed by atoms with E-state index >= 15 is 9.59 Å². The molecule has 5 rings (SSSR count). The maximum atomic E-state index is 15.1. The minimum atomic E-state index is -1.70. The molecule has 4 heterocycles. The second-order valence-corrected chi connectivity index (χ2v) is 24.0. The maximum absolute atomic E-state index is 15.1. The third kappa shape index (κ3) is 15.2. The van der Waals surface area contributed by atoms with E-state index in [4.69, 9.17) is 18.9 Å². The van der Waals surface area contributed by atoms with Crippen molar-refractivity contribution in [2.24, 2.45) is 23.7 Å². The van der Waals surface area contributed by atoms with E-state index in [1.54, 1.807) is 65.8 Å². The Morgan fingerprint density at radius 1 is 0.872 bits per heavy atom. The van der Waals surface area contributed by atoms with Crippen LogP contribution in [0.2, 0.25) is 0 Å². The summed E-state index contributed by atoms with van der Waals surface area (Å²) in [6.45, 7) is 21.6. The monoisotopic (exact) mass is 1100 g/mol. The standard InChI is InChI=1S/C57H89N7O14/c1-15-35(8)45-43(65)31-44(66)77-47(34(6)7)50(69)58-39(28-32(2)3)51(70)62-25-16-18-40(62)52(71)61(13)42(30-37-19-21-38(75-14)22-20-37)53(72)76-36(9)46(49(68)59-45)60-48(67)41(29-33(4)5)63-27-24-57(54(63)73)23-17-26-64(57)55(74)78-56(10,11)12/h19-22,32-36,39-43,45-47,65H,15-18,23-31H2,1-14H3,(H,58,69)(H,59,68)(H,60,67)/t35-,36+,39-,40-,41+,42-,43-,45+,46-,47-,57+/m0/s1. The molecule has 4 saturated heterocycles. The highest BCUT2D eigenvalue weighted by atomic mass is 16.6. The Labute approximate surface area is 460 Å². The summed E-state index contributed by atoms with van der Waals surface area (Å²) in [7, 11) is 2.94. The van der Waals surface area contributed by atoms with Crippen LogP contribution in [0.4, 0.5) is 4.79 Å². The van der Waals surface area contributed by atoms with Crippen LogP contribution in [0.5, 0.6) is 5.75 Å². The van der Waals surface area contributed by atoms with Crippen LogP contribution in [-0.2, 0) is 59.0 Å². The number of ether oxygens (including phenoxy) is 4. The zero-order valence-electron chi connectivity index (χ0n) is 48.6. The minimum Gasteiger partial charge on any atom is -0.497 e. The number of nitrogens with one attached hydrogen (secondary N) is 3. The number of likely N-dealkylation sites (N-methyl/N-ethyl adjacent to an activating group) is 1. The van der Waals surface area contributed by atoms with Crippen molar-refractivity contribution in [2.45, 2.75) is 213 Å². The van der Waals surface area contributed by atoms with Crippen LogP contribution in [0.25, 0.3) is 0 Å². The topological polar surface area (TPSA) is 260 Å². The number of amides is 7. The fourth-order valence-corrected chi connectivity index (χ4v) is 11.1. The summed E-state index contributed by atoms with van der Waals surface area (Å²) in [4.78, 5) is 136. The van der Waals surface area contributed by atoms with Crippen molar-refractivity contribution in [1.29, 1.82) is 0 Å². The van der Waals surface area contributed by atoms with E-state index in [1.807, 2.05) is 34.6 Å². The van der Waals surface area contributed by atoms with Gasteiger partial charge in [-0.1, -0.05) is 73.9 Å². The Balaban J connectivity index is 1.60. The molecule has 0 aromatic heterocycles. The molecule has 21 nitrogen and oxygen atoms in total. The predicted octanol–water partition coefficient (Wildman–Crippen LogP) is 4.28. The van der Waals surface area contributed by atoms with Gasteiger partial charge in [-0.2, -0.15) is 0 Å². The summed E-state index contributed by atoms with van der Waals surface area (Å²) in [6, 6.07) is -0.716. The Bertz CT molecular complexity index is 2320. The van der Waals surface area contributed by atoms with Crippen LogP contribution < -0.4 is 20.7 Å². The summed E-state index contributed by atoms with van der Waals surface area (Å²) >= 11 is 0. The molecule has 11 atom stereocenters. The average Bonchev–Trinajstić information content (AvgIpc) is 4.22. The fourth-order valence-electron chi connectivity index (χ4n) is 11.1. The molecule has 4 fully saturated rings. The van der Waals surface area contributed by atoms with E-state index in [-0.39, 0.29) is 63.6 Å². The van der Waals surface area contributed by atoms with Crippen molar-refractivity contribution in [3.05, 3.63) is 29.8 Å². The molecule has 1 spiro atoms. The van der Waals surface area contributed by atoms with Crippen LogP contribution in [-0.4, -0.2) is 178 Å². The summed E-state index contributed by atoms with van der Waals surface area (Å²) in [5.74, 6) is -6.66. The number of benzene rings is 1. The normalized spacial score (nSPS) is 28.3. The van der Waals surface area contributed by atoms with E-state index < -0.39 is 137 Å². The van der Waals surface area contributed by atoms with E-state index in [0.717, 1.165) is 0 Å². The van der Waals surface area contributed by atoms with E-state index in [9.17, 15) is 38.7 Å². The molecule has 4 aliphatic rings. The van der Waals surface area contributed by atoms with Gasteiger partial charge in [0, 0.05) is 33.1 Å². The molecule has 0 radical (unpaired) electrons. The Hall–Kier alpha value is -5.99. The highest BCUT2D eigenvalue weighted by Crippen LogP contribution is 2.41. The third-order valence-corrected chi connectivity index (χ3v) is 15.5. The molecular formula is C57H89N7O14. The van der Waals surface area contributed by atoms with Crippen LogP contribution in [0.1, 0.15) is 146 Å². The van der Waals surface area contributed by atoms with Gasteiger partial charge in [-0.3, -0.25) is 38.5 Å². The zero-order valence-corrected chi connectivity index (χ0v) is 48.6. The minimum absolute atomic E-state index is 0.0871. The number of likely N-dealkylation sites (tertiary alicyclic amines) is 2. The molecule has 0 aliphatic carbocycles. The number of aliphatic hydroxyl groups excluding tert-OH is 1. The molecule has 4 aliphatic heterocycles. The third-order valence-electron chi connectivity index (χ3n) is 15.5. The lowest BCUT2D eigenvalue weighted by Gasteiger charge is -2.37. The van der Waals surface area contributed by atoms with Gasteiger partial charge >= 0.3 is 18.0 Å². The number of carbonyl (C=O) groups is 9. The molecule has 0 unspecified atom stereocenters. The number of carbonyl (C=O) groups excluding carboxylic acids is 9. The van der Waals surface area contributed by atoms with Gasteiger partial charge in [0.05, 0.1) is 25.7 Å². The van der Waals surface area contributed by atoms with Gasteiger partial charge in [-0.05, 0) is 114 Å². The van der Waals surface area contributed by atoms with Crippen LogP contribution >= 0.6 is 0 Å². The van der Waals surface area contributed by atoms with Gasteiger partial charge in [0.2, 0.25) is 29.5 Å². The summed E-state index contributed by atoms with van der Waals surface area (Å²) in [6.07, 6.45) is -3.34. The molecule has 0 saturated carbocycles. The molecule has 4 N–H and O–H groups in total. The SMILES string of the molecule is CC[C@H](C)[C@H]1NC(=O)[C@@H](NC(=O)[C@@H](CC(C)C)N2CC[C@]3(CCCN3C(=O)OC(C)(C)C)C2=O)[C@@H](C)OC(=O)[C@H](Cc2ccc(OC)cc2)N(C)C(=O)[C@@H]2CCCN2C(=O)[C@H](CC(C)C)NC(=O)[C@H](C(C)C)OC(=O)C[C@@H]1O. The summed E-state index contributed by atoms with van der Waals surface area (Å²) < 4.78 is 23.1. The number of aliphatic hydroxyl groups is 1. The van der Waals surface area contributed by atoms with Gasteiger partial charge in [-0.25, -0.2) is 9.59 Å². The largest absolute Gasteiger partial charge is 0.497 e. The molecule has 1 aromatic carbocycles. The number of methoxy groups -OCH3 is 1. The van der Waals surface area contributed by atoms with Crippen LogP contribution in [0.3, 0.4) is 0 Å². The van der Waals surface area contributed by atoms with Gasteiger partial charge in [0.15, 0.2) is 6.10 Å². The molecule has 436 valence electrons. The van der Waals surface area contributed by atoms with Crippen molar-refractivity contribution in [3.63, 3.8) is 0 Å². The lowest BCUT2D eigenvalue weighted by molar-refractivity contribution is -0.162. The number of hydrogen-bond acceptors (Lipinski definition) is 14. The second-order valence-electron chi connectivity index (χ2n) is 24.0. The van der Waals surface area contributed by atoms with E-state index in [1.165, 1.54) is 40.7 Å². The Kier molecular flexibility index (Phi) is 21.6. The Morgan fingerprint density at radius 3 is 2.13 bits per heavy atom. The van der Waals surface area contributed by atoms with Gasteiger partial charge in [-0.15, -0.1) is 0 Å². The Morgan fingerprint density at radius 2 is 1.54 bits per heavy atom. The molecular weight excluding hydrogens is 1010 g/mol.